The molecule has 1 unspecified atom stereocenters. The smallest absolute Gasteiger partial charge is 0.0595 e. The van der Waals surface area contributed by atoms with Crippen LogP contribution in [-0.4, -0.2) is 4.83 Å². The van der Waals surface area contributed by atoms with Crippen LogP contribution in [0.25, 0.3) is 0 Å². The topological polar surface area (TPSA) is 0 Å². The quantitative estimate of drug-likeness (QED) is 0.545. The first-order valence-corrected chi connectivity index (χ1v) is 8.35. The minimum atomic E-state index is 0.445. The van der Waals surface area contributed by atoms with Crippen molar-refractivity contribution in [3.05, 3.63) is 69.2 Å². The summed E-state index contributed by atoms with van der Waals surface area (Å²) >= 11 is 15.7. The van der Waals surface area contributed by atoms with E-state index < -0.39 is 0 Å². The van der Waals surface area contributed by atoms with Crippen LogP contribution in [0.3, 0.4) is 0 Å². The van der Waals surface area contributed by atoms with E-state index in [0.29, 0.717) is 14.9 Å². The maximum Gasteiger partial charge on any atom is 0.0595 e. The third-order valence-corrected chi connectivity index (χ3v) is 4.83. The molecule has 2 aromatic carbocycles. The normalized spacial score (nSPS) is 12.4. The Morgan fingerprint density at radius 1 is 0.950 bits per heavy atom. The number of rotatable bonds is 5. The Kier molecular flexibility index (Phi) is 5.95. The summed E-state index contributed by atoms with van der Waals surface area (Å²) in [4.78, 5) is 0.445. The molecule has 0 heterocycles. The minimum Gasteiger partial charge on any atom is -0.0887 e. The summed E-state index contributed by atoms with van der Waals surface area (Å²) in [6, 6.07) is 14.6. The average molecular weight is 372 g/mol. The van der Waals surface area contributed by atoms with Gasteiger partial charge in [0.05, 0.1) is 10.0 Å². The first kappa shape index (κ1) is 15.9. The fourth-order valence-corrected chi connectivity index (χ4v) is 3.03. The van der Waals surface area contributed by atoms with E-state index in [9.17, 15) is 0 Å². The maximum absolute atomic E-state index is 6.04. The van der Waals surface area contributed by atoms with E-state index in [1.54, 1.807) is 0 Å². The van der Waals surface area contributed by atoms with Gasteiger partial charge in [-0.05, 0) is 49.4 Å². The van der Waals surface area contributed by atoms with E-state index in [2.05, 4.69) is 47.1 Å². The van der Waals surface area contributed by atoms with Gasteiger partial charge in [0.1, 0.15) is 0 Å². The number of benzene rings is 2. The molecule has 0 fully saturated rings. The second-order valence-corrected chi connectivity index (χ2v) is 7.18. The molecule has 3 heteroatoms. The Balaban J connectivity index is 1.87. The minimum absolute atomic E-state index is 0.445. The van der Waals surface area contributed by atoms with Crippen molar-refractivity contribution in [3.8, 4) is 0 Å². The van der Waals surface area contributed by atoms with Gasteiger partial charge in [-0.3, -0.25) is 0 Å². The van der Waals surface area contributed by atoms with Gasteiger partial charge in [0.15, 0.2) is 0 Å². The predicted molar refractivity (Wildman–Crippen MR) is 92.4 cm³/mol. The first-order valence-electron chi connectivity index (χ1n) is 6.68. The number of aryl methyl sites for hydroxylation is 2. The second kappa shape index (κ2) is 7.49. The van der Waals surface area contributed by atoms with E-state index in [1.165, 1.54) is 16.7 Å². The Labute approximate surface area is 139 Å². The largest absolute Gasteiger partial charge is 0.0887 e. The summed E-state index contributed by atoms with van der Waals surface area (Å²) < 4.78 is 0. The molecule has 0 saturated carbocycles. The van der Waals surface area contributed by atoms with E-state index in [-0.39, 0.29) is 0 Å². The zero-order valence-corrected chi connectivity index (χ0v) is 14.5. The van der Waals surface area contributed by atoms with E-state index in [0.717, 1.165) is 19.3 Å². The first-order chi connectivity index (χ1) is 9.54. The summed E-state index contributed by atoms with van der Waals surface area (Å²) in [6.45, 7) is 2.11. The van der Waals surface area contributed by atoms with Gasteiger partial charge < -0.3 is 0 Å². The maximum atomic E-state index is 6.04. The van der Waals surface area contributed by atoms with Crippen LogP contribution in [0.15, 0.2) is 42.5 Å². The molecule has 2 rings (SSSR count). The Morgan fingerprint density at radius 2 is 1.60 bits per heavy atom. The zero-order valence-electron chi connectivity index (χ0n) is 11.4. The monoisotopic (exact) mass is 370 g/mol. The standard InChI is InChI=1S/C17H17BrCl2/c1-12-2-4-13(5-3-12)6-8-15(18)10-14-7-9-16(19)17(20)11-14/h2-5,7,9,11,15H,6,8,10H2,1H3. The van der Waals surface area contributed by atoms with Crippen LogP contribution in [0.4, 0.5) is 0 Å². The lowest BCUT2D eigenvalue weighted by Crippen LogP contribution is -2.04. The third-order valence-electron chi connectivity index (χ3n) is 3.31. The van der Waals surface area contributed by atoms with Crippen molar-refractivity contribution in [1.82, 2.24) is 0 Å². The molecule has 20 heavy (non-hydrogen) atoms. The van der Waals surface area contributed by atoms with Gasteiger partial charge in [-0.15, -0.1) is 0 Å². The highest BCUT2D eigenvalue weighted by Crippen LogP contribution is 2.25. The highest BCUT2D eigenvalue weighted by atomic mass is 79.9. The molecule has 2 aromatic rings. The number of hydrogen-bond donors (Lipinski definition) is 0. The molecule has 0 radical (unpaired) electrons. The lowest BCUT2D eigenvalue weighted by Gasteiger charge is -2.11. The molecule has 0 N–H and O–H groups in total. The SMILES string of the molecule is Cc1ccc(CCC(Br)Cc2ccc(Cl)c(Cl)c2)cc1. The highest BCUT2D eigenvalue weighted by Gasteiger charge is 2.08. The molecule has 0 nitrogen and oxygen atoms in total. The van der Waals surface area contributed by atoms with Gasteiger partial charge in [-0.2, -0.15) is 0 Å². The molecule has 0 saturated heterocycles. The lowest BCUT2D eigenvalue weighted by atomic mass is 10.0. The van der Waals surface area contributed by atoms with Crippen molar-refractivity contribution >= 4 is 39.1 Å². The van der Waals surface area contributed by atoms with Gasteiger partial charge in [-0.1, -0.05) is 75.0 Å². The fraction of sp³-hybridized carbons (Fsp3) is 0.294. The van der Waals surface area contributed by atoms with Crippen molar-refractivity contribution in [1.29, 1.82) is 0 Å². The highest BCUT2D eigenvalue weighted by molar-refractivity contribution is 9.09. The van der Waals surface area contributed by atoms with Crippen molar-refractivity contribution in [2.45, 2.75) is 31.0 Å². The molecular weight excluding hydrogens is 355 g/mol. The number of hydrogen-bond acceptors (Lipinski definition) is 0. The lowest BCUT2D eigenvalue weighted by molar-refractivity contribution is 0.763. The van der Waals surface area contributed by atoms with Gasteiger partial charge >= 0.3 is 0 Å². The van der Waals surface area contributed by atoms with Crippen molar-refractivity contribution < 1.29 is 0 Å². The van der Waals surface area contributed by atoms with E-state index >= 15 is 0 Å². The average Bonchev–Trinajstić information content (AvgIpc) is 2.42. The van der Waals surface area contributed by atoms with Crippen LogP contribution in [-0.2, 0) is 12.8 Å². The van der Waals surface area contributed by atoms with Gasteiger partial charge in [0.2, 0.25) is 0 Å². The Hall–Kier alpha value is -0.500. The molecule has 0 amide bonds. The Morgan fingerprint density at radius 3 is 2.25 bits per heavy atom. The van der Waals surface area contributed by atoms with Crippen LogP contribution in [0.1, 0.15) is 23.1 Å². The van der Waals surface area contributed by atoms with Crippen molar-refractivity contribution in [2.75, 3.05) is 0 Å². The molecule has 0 bridgehead atoms. The summed E-state index contributed by atoms with van der Waals surface area (Å²) in [5.74, 6) is 0. The van der Waals surface area contributed by atoms with E-state index in [4.69, 9.17) is 23.2 Å². The molecule has 0 aromatic heterocycles. The molecular formula is C17H17BrCl2. The summed E-state index contributed by atoms with van der Waals surface area (Å²) in [5, 5.41) is 1.24. The van der Waals surface area contributed by atoms with Crippen molar-refractivity contribution in [3.63, 3.8) is 0 Å². The van der Waals surface area contributed by atoms with Crippen LogP contribution in [0, 0.1) is 6.92 Å². The molecule has 0 aliphatic carbocycles. The third kappa shape index (κ3) is 4.80. The number of alkyl halides is 1. The van der Waals surface area contributed by atoms with Crippen molar-refractivity contribution in [2.24, 2.45) is 0 Å². The van der Waals surface area contributed by atoms with Gasteiger partial charge in [-0.25, -0.2) is 0 Å². The number of halogens is 3. The van der Waals surface area contributed by atoms with Crippen LogP contribution in [0.5, 0.6) is 0 Å². The second-order valence-electron chi connectivity index (χ2n) is 5.07. The molecule has 0 spiro atoms. The summed E-state index contributed by atoms with van der Waals surface area (Å²) in [6.07, 6.45) is 3.14. The summed E-state index contributed by atoms with van der Waals surface area (Å²) in [7, 11) is 0. The molecule has 0 aliphatic rings. The fourth-order valence-electron chi connectivity index (χ4n) is 2.10. The Bertz CT molecular complexity index is 564. The van der Waals surface area contributed by atoms with Crippen LogP contribution in [0.2, 0.25) is 10.0 Å². The van der Waals surface area contributed by atoms with Crippen LogP contribution >= 0.6 is 39.1 Å². The molecule has 106 valence electrons. The van der Waals surface area contributed by atoms with Crippen LogP contribution < -0.4 is 0 Å². The molecule has 0 aliphatic heterocycles. The van der Waals surface area contributed by atoms with Gasteiger partial charge in [0.25, 0.3) is 0 Å². The summed E-state index contributed by atoms with van der Waals surface area (Å²) in [5.41, 5.74) is 3.90. The predicted octanol–water partition coefficient (Wildman–Crippen LogP) is 6.24. The van der Waals surface area contributed by atoms with Gasteiger partial charge in [0, 0.05) is 4.83 Å². The molecule has 1 atom stereocenters. The zero-order chi connectivity index (χ0) is 14.5. The van der Waals surface area contributed by atoms with E-state index in [1.807, 2.05) is 18.2 Å².